The van der Waals surface area contributed by atoms with Crippen LogP contribution in [0.4, 0.5) is 0 Å². The van der Waals surface area contributed by atoms with E-state index in [4.69, 9.17) is 5.73 Å². The van der Waals surface area contributed by atoms with Crippen LogP contribution in [-0.2, 0) is 13.0 Å². The van der Waals surface area contributed by atoms with Gasteiger partial charge in [0.1, 0.15) is 0 Å². The maximum atomic E-state index is 5.93. The van der Waals surface area contributed by atoms with Crippen molar-refractivity contribution in [3.63, 3.8) is 0 Å². The minimum Gasteiger partial charge on any atom is -0.327 e. The van der Waals surface area contributed by atoms with Gasteiger partial charge in [-0.2, -0.15) is 5.10 Å². The molecule has 0 bridgehead atoms. The van der Waals surface area contributed by atoms with E-state index in [1.165, 1.54) is 18.4 Å². The standard InChI is InChI=1S/C13H25N3/c1-4-6-11(3)9-16-10-12(8-15-16)7-13(14)5-2/h8,10-11,13H,4-7,9,14H2,1-3H3. The van der Waals surface area contributed by atoms with E-state index in [0.717, 1.165) is 19.4 Å². The molecule has 1 aromatic heterocycles. The molecule has 0 aromatic carbocycles. The molecule has 3 nitrogen and oxygen atoms in total. The van der Waals surface area contributed by atoms with Gasteiger partial charge in [-0.25, -0.2) is 0 Å². The molecule has 0 spiro atoms. The molecule has 1 rings (SSSR count). The van der Waals surface area contributed by atoms with Crippen molar-refractivity contribution in [2.45, 2.75) is 59.0 Å². The second kappa shape index (κ2) is 6.69. The molecular weight excluding hydrogens is 198 g/mol. The fraction of sp³-hybridized carbons (Fsp3) is 0.769. The lowest BCUT2D eigenvalue weighted by molar-refractivity contribution is 0.420. The van der Waals surface area contributed by atoms with Crippen LogP contribution in [0, 0.1) is 5.92 Å². The van der Waals surface area contributed by atoms with Gasteiger partial charge < -0.3 is 5.73 Å². The second-order valence-electron chi connectivity index (χ2n) is 4.84. The maximum absolute atomic E-state index is 5.93. The summed E-state index contributed by atoms with van der Waals surface area (Å²) in [5, 5.41) is 4.39. The smallest absolute Gasteiger partial charge is 0.0522 e. The van der Waals surface area contributed by atoms with Crippen LogP contribution < -0.4 is 5.73 Å². The zero-order chi connectivity index (χ0) is 12.0. The van der Waals surface area contributed by atoms with E-state index in [-0.39, 0.29) is 6.04 Å². The van der Waals surface area contributed by atoms with Gasteiger partial charge in [-0.3, -0.25) is 4.68 Å². The van der Waals surface area contributed by atoms with Gasteiger partial charge in [0.2, 0.25) is 0 Å². The van der Waals surface area contributed by atoms with Crippen LogP contribution in [0.2, 0.25) is 0 Å². The van der Waals surface area contributed by atoms with Gasteiger partial charge >= 0.3 is 0 Å². The number of rotatable bonds is 7. The molecule has 0 aliphatic heterocycles. The third kappa shape index (κ3) is 4.35. The first-order valence-electron chi connectivity index (χ1n) is 6.42. The largest absolute Gasteiger partial charge is 0.327 e. The van der Waals surface area contributed by atoms with E-state index in [1.807, 2.05) is 6.20 Å². The normalized spacial score (nSPS) is 15.0. The molecule has 3 heteroatoms. The van der Waals surface area contributed by atoms with E-state index in [1.54, 1.807) is 0 Å². The Kier molecular flexibility index (Phi) is 5.53. The number of aromatic nitrogens is 2. The van der Waals surface area contributed by atoms with Gasteiger partial charge in [-0.1, -0.05) is 27.2 Å². The fourth-order valence-corrected chi connectivity index (χ4v) is 1.96. The molecular formula is C13H25N3. The monoisotopic (exact) mass is 223 g/mol. The van der Waals surface area contributed by atoms with Crippen LogP contribution in [0.25, 0.3) is 0 Å². The van der Waals surface area contributed by atoms with Crippen LogP contribution in [0.5, 0.6) is 0 Å². The fourth-order valence-electron chi connectivity index (χ4n) is 1.96. The summed E-state index contributed by atoms with van der Waals surface area (Å²) in [5.41, 5.74) is 7.19. The highest BCUT2D eigenvalue weighted by Crippen LogP contribution is 2.09. The van der Waals surface area contributed by atoms with E-state index in [0.29, 0.717) is 5.92 Å². The molecule has 0 fully saturated rings. The predicted octanol–water partition coefficient (Wildman–Crippen LogP) is 2.60. The second-order valence-corrected chi connectivity index (χ2v) is 4.84. The van der Waals surface area contributed by atoms with Crippen LogP contribution in [0.1, 0.15) is 45.6 Å². The minimum atomic E-state index is 0.269. The van der Waals surface area contributed by atoms with Crippen molar-refractivity contribution >= 4 is 0 Å². The molecule has 2 N–H and O–H groups in total. The van der Waals surface area contributed by atoms with Crippen molar-refractivity contribution in [2.24, 2.45) is 11.7 Å². The number of nitrogens with two attached hydrogens (primary N) is 1. The molecule has 0 amide bonds. The van der Waals surface area contributed by atoms with Crippen molar-refractivity contribution < 1.29 is 0 Å². The first kappa shape index (κ1) is 13.2. The first-order chi connectivity index (χ1) is 7.65. The number of nitrogens with zero attached hydrogens (tertiary/aromatic N) is 2. The summed E-state index contributed by atoms with van der Waals surface area (Å²) in [4.78, 5) is 0. The molecule has 1 aromatic rings. The molecule has 0 saturated carbocycles. The average Bonchev–Trinajstić information content (AvgIpc) is 2.65. The minimum absolute atomic E-state index is 0.269. The third-order valence-electron chi connectivity index (χ3n) is 2.99. The van der Waals surface area contributed by atoms with Crippen molar-refractivity contribution in [2.75, 3.05) is 0 Å². The molecule has 92 valence electrons. The van der Waals surface area contributed by atoms with Crippen LogP contribution in [0.15, 0.2) is 12.4 Å². The Morgan fingerprint density at radius 2 is 2.19 bits per heavy atom. The van der Waals surface area contributed by atoms with Crippen molar-refractivity contribution in [1.82, 2.24) is 9.78 Å². The lowest BCUT2D eigenvalue weighted by Crippen LogP contribution is -2.21. The third-order valence-corrected chi connectivity index (χ3v) is 2.99. The van der Waals surface area contributed by atoms with Gasteiger partial charge in [0.05, 0.1) is 6.20 Å². The van der Waals surface area contributed by atoms with Crippen molar-refractivity contribution in [3.05, 3.63) is 18.0 Å². The van der Waals surface area contributed by atoms with E-state index < -0.39 is 0 Å². The quantitative estimate of drug-likeness (QED) is 0.772. The molecule has 2 atom stereocenters. The summed E-state index contributed by atoms with van der Waals surface area (Å²) in [6.07, 6.45) is 8.58. The van der Waals surface area contributed by atoms with Gasteiger partial charge in [-0.05, 0) is 30.7 Å². The van der Waals surface area contributed by atoms with Gasteiger partial charge in [0.15, 0.2) is 0 Å². The molecule has 0 aliphatic rings. The van der Waals surface area contributed by atoms with Gasteiger partial charge in [-0.15, -0.1) is 0 Å². The number of hydrogen-bond donors (Lipinski definition) is 1. The SMILES string of the molecule is CCCC(C)Cn1cc(CC(N)CC)cn1. The molecule has 0 aliphatic carbocycles. The Morgan fingerprint density at radius 3 is 2.81 bits per heavy atom. The van der Waals surface area contributed by atoms with Gasteiger partial charge in [0.25, 0.3) is 0 Å². The van der Waals surface area contributed by atoms with Crippen LogP contribution >= 0.6 is 0 Å². The predicted molar refractivity (Wildman–Crippen MR) is 68.3 cm³/mol. The first-order valence-corrected chi connectivity index (χ1v) is 6.42. The van der Waals surface area contributed by atoms with E-state index >= 15 is 0 Å². The molecule has 0 saturated heterocycles. The lowest BCUT2D eigenvalue weighted by atomic mass is 10.1. The molecule has 2 unspecified atom stereocenters. The summed E-state index contributed by atoms with van der Waals surface area (Å²) >= 11 is 0. The Balaban J connectivity index is 2.44. The van der Waals surface area contributed by atoms with Crippen LogP contribution in [-0.4, -0.2) is 15.8 Å². The zero-order valence-electron chi connectivity index (χ0n) is 10.8. The van der Waals surface area contributed by atoms with Crippen molar-refractivity contribution in [1.29, 1.82) is 0 Å². The summed E-state index contributed by atoms with van der Waals surface area (Å²) in [7, 11) is 0. The van der Waals surface area contributed by atoms with Crippen LogP contribution in [0.3, 0.4) is 0 Å². The number of hydrogen-bond acceptors (Lipinski definition) is 2. The Morgan fingerprint density at radius 1 is 1.44 bits per heavy atom. The van der Waals surface area contributed by atoms with Crippen molar-refractivity contribution in [3.8, 4) is 0 Å². The summed E-state index contributed by atoms with van der Waals surface area (Å²) in [6.45, 7) is 7.65. The Bertz CT molecular complexity index is 293. The molecule has 0 radical (unpaired) electrons. The summed E-state index contributed by atoms with van der Waals surface area (Å²) < 4.78 is 2.05. The molecule has 16 heavy (non-hydrogen) atoms. The summed E-state index contributed by atoms with van der Waals surface area (Å²) in [6, 6.07) is 0.269. The van der Waals surface area contributed by atoms with Gasteiger partial charge in [0, 0.05) is 18.8 Å². The summed E-state index contributed by atoms with van der Waals surface area (Å²) in [5.74, 6) is 0.706. The maximum Gasteiger partial charge on any atom is 0.0522 e. The highest BCUT2D eigenvalue weighted by Gasteiger charge is 2.06. The highest BCUT2D eigenvalue weighted by atomic mass is 15.3. The Hall–Kier alpha value is -0.830. The molecule has 1 heterocycles. The lowest BCUT2D eigenvalue weighted by Gasteiger charge is -2.09. The van der Waals surface area contributed by atoms with E-state index in [2.05, 4.69) is 36.7 Å². The average molecular weight is 223 g/mol. The zero-order valence-corrected chi connectivity index (χ0v) is 10.8. The topological polar surface area (TPSA) is 43.8 Å². The Labute approximate surface area is 99.0 Å². The highest BCUT2D eigenvalue weighted by molar-refractivity contribution is 5.05. The van der Waals surface area contributed by atoms with E-state index in [9.17, 15) is 0 Å².